The van der Waals surface area contributed by atoms with Crippen LogP contribution in [-0.2, 0) is 0 Å². The molecule has 1 heterocycles. The predicted molar refractivity (Wildman–Crippen MR) is 72.5 cm³/mol. The van der Waals surface area contributed by atoms with Crippen LogP contribution in [0, 0.1) is 20.8 Å². The first kappa shape index (κ1) is 13.5. The maximum Gasteiger partial charge on any atom is 0.0325 e. The minimum Gasteiger partial charge on any atom is -0.310 e. The lowest BCUT2D eigenvalue weighted by atomic mass is 9.89. The highest BCUT2D eigenvalue weighted by Crippen LogP contribution is 2.29. The monoisotopic (exact) mass is 239 g/mol. The fourth-order valence-corrected chi connectivity index (χ4v) is 2.84. The van der Waals surface area contributed by atoms with Gasteiger partial charge in [0.2, 0.25) is 0 Å². The Balaban J connectivity index is 0.00000128. The highest BCUT2D eigenvalue weighted by Gasteiger charge is 2.18. The van der Waals surface area contributed by atoms with Gasteiger partial charge in [0.1, 0.15) is 0 Å². The van der Waals surface area contributed by atoms with E-state index in [1.54, 1.807) is 5.56 Å². The van der Waals surface area contributed by atoms with Gasteiger partial charge in [-0.25, -0.2) is 0 Å². The molecule has 2 rings (SSSR count). The Morgan fingerprint density at radius 1 is 1.06 bits per heavy atom. The van der Waals surface area contributed by atoms with Crippen molar-refractivity contribution >= 4 is 12.4 Å². The zero-order valence-corrected chi connectivity index (χ0v) is 11.3. The first-order valence-corrected chi connectivity index (χ1v) is 5.99. The molecule has 0 aromatic heterocycles. The van der Waals surface area contributed by atoms with E-state index in [1.165, 1.54) is 42.5 Å². The van der Waals surface area contributed by atoms with Crippen LogP contribution in [0.25, 0.3) is 0 Å². The molecule has 1 fully saturated rings. The van der Waals surface area contributed by atoms with Gasteiger partial charge in [-0.1, -0.05) is 24.1 Å². The molecule has 0 bridgehead atoms. The Hall–Kier alpha value is -0.530. The lowest BCUT2D eigenvalue weighted by molar-refractivity contribution is 0.410. The number of piperidine rings is 1. The molecule has 0 unspecified atom stereocenters. The van der Waals surface area contributed by atoms with Gasteiger partial charge in [-0.15, -0.1) is 12.4 Å². The van der Waals surface area contributed by atoms with Crippen molar-refractivity contribution < 1.29 is 0 Å². The summed E-state index contributed by atoms with van der Waals surface area (Å²) in [6.07, 6.45) is 4.00. The van der Waals surface area contributed by atoms with E-state index in [9.17, 15) is 0 Å². The summed E-state index contributed by atoms with van der Waals surface area (Å²) in [5.74, 6) is 0. The van der Waals surface area contributed by atoms with Crippen LogP contribution in [-0.4, -0.2) is 6.54 Å². The van der Waals surface area contributed by atoms with E-state index in [1.807, 2.05) is 0 Å². The normalized spacial score (nSPS) is 20.3. The number of nitrogens with one attached hydrogen (secondary N) is 1. The Labute approximate surface area is 105 Å². The second-order valence-electron chi connectivity index (χ2n) is 4.81. The fraction of sp³-hybridized carbons (Fsp3) is 0.571. The predicted octanol–water partition coefficient (Wildman–Crippen LogP) is 3.85. The number of hydrogen-bond acceptors (Lipinski definition) is 1. The lowest BCUT2D eigenvalue weighted by Crippen LogP contribution is -2.28. The molecule has 0 saturated carbocycles. The number of rotatable bonds is 1. The van der Waals surface area contributed by atoms with Crippen molar-refractivity contribution in [2.75, 3.05) is 6.54 Å². The number of halogens is 1. The van der Waals surface area contributed by atoms with Crippen LogP contribution in [0.1, 0.15) is 47.6 Å². The molecule has 1 aromatic rings. The zero-order valence-electron chi connectivity index (χ0n) is 10.5. The summed E-state index contributed by atoms with van der Waals surface area (Å²) < 4.78 is 0. The Kier molecular flexibility index (Phi) is 4.82. The SMILES string of the molecule is Cc1cc(C)c([C@@H]2CCCCN2)c(C)c1.Cl. The zero-order chi connectivity index (χ0) is 10.8. The lowest BCUT2D eigenvalue weighted by Gasteiger charge is -2.27. The Morgan fingerprint density at radius 2 is 1.69 bits per heavy atom. The molecular weight excluding hydrogens is 218 g/mol. The molecule has 90 valence electrons. The van der Waals surface area contributed by atoms with Crippen LogP contribution in [0.3, 0.4) is 0 Å². The summed E-state index contributed by atoms with van der Waals surface area (Å²) in [4.78, 5) is 0. The molecule has 0 aliphatic carbocycles. The van der Waals surface area contributed by atoms with E-state index in [0.29, 0.717) is 6.04 Å². The van der Waals surface area contributed by atoms with Crippen molar-refractivity contribution in [2.45, 2.75) is 46.1 Å². The van der Waals surface area contributed by atoms with Gasteiger partial charge in [0, 0.05) is 6.04 Å². The maximum absolute atomic E-state index is 3.64. The molecular formula is C14H22ClN. The van der Waals surface area contributed by atoms with E-state index in [4.69, 9.17) is 0 Å². The van der Waals surface area contributed by atoms with Gasteiger partial charge in [-0.2, -0.15) is 0 Å². The average Bonchev–Trinajstić information content (AvgIpc) is 2.17. The minimum atomic E-state index is 0. The van der Waals surface area contributed by atoms with Crippen LogP contribution in [0.2, 0.25) is 0 Å². The third-order valence-electron chi connectivity index (χ3n) is 3.40. The molecule has 0 amide bonds. The highest BCUT2D eigenvalue weighted by atomic mass is 35.5. The summed E-state index contributed by atoms with van der Waals surface area (Å²) >= 11 is 0. The number of aryl methyl sites for hydroxylation is 3. The minimum absolute atomic E-state index is 0. The van der Waals surface area contributed by atoms with Crippen LogP contribution in [0.5, 0.6) is 0 Å². The largest absolute Gasteiger partial charge is 0.310 e. The molecule has 2 heteroatoms. The molecule has 1 saturated heterocycles. The first-order valence-electron chi connectivity index (χ1n) is 5.99. The van der Waals surface area contributed by atoms with Gasteiger partial charge in [-0.05, 0) is 56.8 Å². The van der Waals surface area contributed by atoms with E-state index < -0.39 is 0 Å². The van der Waals surface area contributed by atoms with Crippen molar-refractivity contribution in [1.29, 1.82) is 0 Å². The standard InChI is InChI=1S/C14H21N.ClH/c1-10-8-11(2)14(12(3)9-10)13-6-4-5-7-15-13;/h8-9,13,15H,4-7H2,1-3H3;1H/t13-;/m0./s1. The summed E-state index contributed by atoms with van der Waals surface area (Å²) in [6.45, 7) is 7.84. The van der Waals surface area contributed by atoms with Crippen molar-refractivity contribution in [1.82, 2.24) is 5.32 Å². The van der Waals surface area contributed by atoms with Gasteiger partial charge < -0.3 is 5.32 Å². The quantitative estimate of drug-likeness (QED) is 0.785. The third-order valence-corrected chi connectivity index (χ3v) is 3.40. The van der Waals surface area contributed by atoms with E-state index in [-0.39, 0.29) is 12.4 Å². The van der Waals surface area contributed by atoms with Gasteiger partial charge >= 0.3 is 0 Å². The van der Waals surface area contributed by atoms with E-state index in [0.717, 1.165) is 0 Å². The molecule has 1 aromatic carbocycles. The molecule has 0 spiro atoms. The molecule has 1 nitrogen and oxygen atoms in total. The van der Waals surface area contributed by atoms with E-state index >= 15 is 0 Å². The molecule has 0 radical (unpaired) electrons. The first-order chi connectivity index (χ1) is 7.18. The molecule has 16 heavy (non-hydrogen) atoms. The van der Waals surface area contributed by atoms with Gasteiger partial charge in [-0.3, -0.25) is 0 Å². The van der Waals surface area contributed by atoms with Crippen molar-refractivity contribution in [3.8, 4) is 0 Å². The van der Waals surface area contributed by atoms with E-state index in [2.05, 4.69) is 38.2 Å². The molecule has 1 N–H and O–H groups in total. The Morgan fingerprint density at radius 3 is 2.19 bits per heavy atom. The fourth-order valence-electron chi connectivity index (χ4n) is 2.84. The molecule has 1 atom stereocenters. The van der Waals surface area contributed by atoms with Gasteiger partial charge in [0.15, 0.2) is 0 Å². The van der Waals surface area contributed by atoms with Crippen molar-refractivity contribution in [3.63, 3.8) is 0 Å². The molecule has 1 aliphatic heterocycles. The summed E-state index contributed by atoms with van der Waals surface area (Å²) in [6, 6.07) is 5.20. The number of hydrogen-bond donors (Lipinski definition) is 1. The van der Waals surface area contributed by atoms with Crippen molar-refractivity contribution in [2.24, 2.45) is 0 Å². The van der Waals surface area contributed by atoms with Crippen LogP contribution >= 0.6 is 12.4 Å². The highest BCUT2D eigenvalue weighted by molar-refractivity contribution is 5.85. The topological polar surface area (TPSA) is 12.0 Å². The maximum atomic E-state index is 3.64. The van der Waals surface area contributed by atoms with Crippen LogP contribution in [0.4, 0.5) is 0 Å². The summed E-state index contributed by atoms with van der Waals surface area (Å²) in [7, 11) is 0. The van der Waals surface area contributed by atoms with Crippen LogP contribution in [0.15, 0.2) is 12.1 Å². The van der Waals surface area contributed by atoms with Crippen molar-refractivity contribution in [3.05, 3.63) is 34.4 Å². The third kappa shape index (κ3) is 2.78. The summed E-state index contributed by atoms with van der Waals surface area (Å²) in [5, 5.41) is 3.64. The second-order valence-corrected chi connectivity index (χ2v) is 4.81. The van der Waals surface area contributed by atoms with Crippen LogP contribution < -0.4 is 5.32 Å². The second kappa shape index (κ2) is 5.70. The van der Waals surface area contributed by atoms with Gasteiger partial charge in [0.05, 0.1) is 0 Å². The molecule has 1 aliphatic rings. The Bertz CT molecular complexity index is 331. The smallest absolute Gasteiger partial charge is 0.0325 e. The average molecular weight is 240 g/mol. The number of benzene rings is 1. The summed E-state index contributed by atoms with van der Waals surface area (Å²) in [5.41, 5.74) is 5.82. The van der Waals surface area contributed by atoms with Gasteiger partial charge in [0.25, 0.3) is 0 Å².